The predicted molar refractivity (Wildman–Crippen MR) is 125 cm³/mol. The lowest BCUT2D eigenvalue weighted by atomic mass is 9.86. The van der Waals surface area contributed by atoms with Crippen LogP contribution in [0.2, 0.25) is 0 Å². The molecule has 2 fully saturated rings. The van der Waals surface area contributed by atoms with Gasteiger partial charge in [-0.15, -0.1) is 0 Å². The van der Waals surface area contributed by atoms with Gasteiger partial charge in [-0.3, -0.25) is 4.79 Å². The van der Waals surface area contributed by atoms with Gasteiger partial charge in [0.05, 0.1) is 13.2 Å². The molecule has 0 spiro atoms. The molecule has 3 aliphatic rings. The number of nitrogens with one attached hydrogen (secondary N) is 1. The summed E-state index contributed by atoms with van der Waals surface area (Å²) in [5.74, 6) is 0.255. The lowest BCUT2D eigenvalue weighted by Crippen LogP contribution is -2.35. The average molecular weight is 477 g/mol. The van der Waals surface area contributed by atoms with E-state index in [2.05, 4.69) is 22.2 Å². The second kappa shape index (κ2) is 9.34. The maximum absolute atomic E-state index is 13.7. The van der Waals surface area contributed by atoms with Crippen molar-refractivity contribution in [3.63, 3.8) is 0 Å². The number of carbonyl (C=O) groups excluding carboxylic acids is 1. The first kappa shape index (κ1) is 22.2. The van der Waals surface area contributed by atoms with Crippen molar-refractivity contribution in [2.24, 2.45) is 11.0 Å². The average Bonchev–Trinajstić information content (AvgIpc) is 3.54. The van der Waals surface area contributed by atoms with Crippen LogP contribution in [0.1, 0.15) is 49.5 Å². The number of halogens is 2. The first-order chi connectivity index (χ1) is 16.0. The Morgan fingerprint density at radius 1 is 1.30 bits per heavy atom. The Balaban J connectivity index is 1.37. The van der Waals surface area contributed by atoms with Crippen molar-refractivity contribution in [2.75, 3.05) is 31.2 Å². The number of hydrogen-bond acceptors (Lipinski definition) is 5. The minimum Gasteiger partial charge on any atom is -0.378 e. The molecule has 2 aliphatic heterocycles. The lowest BCUT2D eigenvalue weighted by Gasteiger charge is -2.26. The zero-order valence-corrected chi connectivity index (χ0v) is 19.4. The molecule has 1 N–H and O–H groups in total. The largest absolute Gasteiger partial charge is 0.378 e. The molecule has 10 heteroatoms. The summed E-state index contributed by atoms with van der Waals surface area (Å²) in [6, 6.07) is 3.60. The van der Waals surface area contributed by atoms with Crippen LogP contribution in [-0.2, 0) is 4.74 Å². The van der Waals surface area contributed by atoms with E-state index in [1.807, 2.05) is 16.7 Å². The summed E-state index contributed by atoms with van der Waals surface area (Å²) in [4.78, 5) is 16.2. The molecular formula is C23H28F2N5O2S+. The second-order valence-corrected chi connectivity index (χ2v) is 9.68. The number of hydrazone groups is 1. The fraction of sp³-hybridized carbons (Fsp3) is 0.522. The topological polar surface area (TPSA) is 61.3 Å². The van der Waals surface area contributed by atoms with Crippen molar-refractivity contribution in [1.29, 1.82) is 0 Å². The van der Waals surface area contributed by atoms with Crippen molar-refractivity contribution < 1.29 is 23.0 Å². The molecule has 1 saturated heterocycles. The maximum atomic E-state index is 13.7. The van der Waals surface area contributed by atoms with Crippen molar-refractivity contribution in [2.45, 2.75) is 45.5 Å². The molecule has 33 heavy (non-hydrogen) atoms. The van der Waals surface area contributed by atoms with Gasteiger partial charge in [0, 0.05) is 37.2 Å². The van der Waals surface area contributed by atoms with E-state index < -0.39 is 12.3 Å². The van der Waals surface area contributed by atoms with Crippen LogP contribution < -0.4 is 10.2 Å². The Morgan fingerprint density at radius 2 is 2.06 bits per heavy atom. The molecule has 2 aromatic heterocycles. The number of fused-ring (bicyclic) bond motifs is 1. The summed E-state index contributed by atoms with van der Waals surface area (Å²) < 4.78 is 36.2. The molecule has 0 bridgehead atoms. The highest BCUT2D eigenvalue weighted by molar-refractivity contribution is 7.21. The molecule has 0 atom stereocenters. The van der Waals surface area contributed by atoms with Gasteiger partial charge in [-0.2, -0.15) is 0 Å². The normalized spacial score (nSPS) is 21.7. The monoisotopic (exact) mass is 476 g/mol. The van der Waals surface area contributed by atoms with Gasteiger partial charge in [0.15, 0.2) is 5.71 Å². The summed E-state index contributed by atoms with van der Waals surface area (Å²) in [6.45, 7) is 5.15. The van der Waals surface area contributed by atoms with Gasteiger partial charge in [0.2, 0.25) is 11.9 Å². The number of aromatic nitrogens is 1. The molecule has 7 nitrogen and oxygen atoms in total. The number of nitrogens with zero attached hydrogens (tertiary/aromatic N) is 4. The Bertz CT molecular complexity index is 1130. The van der Waals surface area contributed by atoms with E-state index in [0.717, 1.165) is 60.7 Å². The molecule has 4 heterocycles. The van der Waals surface area contributed by atoms with Crippen LogP contribution in [0.4, 0.5) is 13.8 Å². The molecule has 0 radical (unpaired) electrons. The van der Waals surface area contributed by atoms with E-state index in [9.17, 15) is 13.6 Å². The standard InChI is InChI=1S/C23H27F2N5O2S/c1-2-15-3-5-16(6-4-15)30-13-17(21(27-30)22(24)25)26-23(31)18-7-8-19-29(18)14-20(33-19)28-9-11-32-12-10-28/h7-8,13-15,22H,2-6,9-12H2,1H3/p+1. The van der Waals surface area contributed by atoms with Crippen molar-refractivity contribution >= 4 is 38.5 Å². The van der Waals surface area contributed by atoms with Crippen LogP contribution in [-0.4, -0.2) is 59.1 Å². The molecular weight excluding hydrogens is 448 g/mol. The Morgan fingerprint density at radius 3 is 2.76 bits per heavy atom. The fourth-order valence-corrected chi connectivity index (χ4v) is 5.72. The van der Waals surface area contributed by atoms with Crippen LogP contribution in [0.5, 0.6) is 0 Å². The van der Waals surface area contributed by atoms with Crippen LogP contribution >= 0.6 is 11.3 Å². The van der Waals surface area contributed by atoms with E-state index in [1.54, 1.807) is 28.3 Å². The minimum atomic E-state index is -2.77. The number of thiazole rings is 1. The Kier molecular flexibility index (Phi) is 6.29. The molecule has 0 unspecified atom stereocenters. The van der Waals surface area contributed by atoms with E-state index >= 15 is 0 Å². The van der Waals surface area contributed by atoms with Gasteiger partial charge < -0.3 is 19.4 Å². The lowest BCUT2D eigenvalue weighted by molar-refractivity contribution is -0.461. The molecule has 2 aromatic rings. The number of morpholine rings is 1. The SMILES string of the molecule is CCC1CCC(=[N+]2C=C(NC(=O)c3ccc4sc(N5CCOCC5)cn34)C(C(F)F)=N2)CC1. The number of amides is 1. The van der Waals surface area contributed by atoms with Crippen molar-refractivity contribution in [3.8, 4) is 0 Å². The third-order valence-corrected chi connectivity index (χ3v) is 7.78. The highest BCUT2D eigenvalue weighted by atomic mass is 32.1. The van der Waals surface area contributed by atoms with E-state index in [-0.39, 0.29) is 11.4 Å². The summed E-state index contributed by atoms with van der Waals surface area (Å²) in [5.41, 5.74) is 1.12. The van der Waals surface area contributed by atoms with Gasteiger partial charge in [-0.05, 0) is 30.9 Å². The molecule has 0 aromatic carbocycles. The zero-order chi connectivity index (χ0) is 22.9. The molecule has 1 saturated carbocycles. The summed E-state index contributed by atoms with van der Waals surface area (Å²) in [6.07, 6.45) is 5.61. The molecule has 5 rings (SSSR count). The number of rotatable bonds is 5. The minimum absolute atomic E-state index is 0.0682. The zero-order valence-electron chi connectivity index (χ0n) is 18.6. The van der Waals surface area contributed by atoms with Crippen LogP contribution in [0.3, 0.4) is 0 Å². The highest BCUT2D eigenvalue weighted by Crippen LogP contribution is 2.30. The summed E-state index contributed by atoms with van der Waals surface area (Å²) in [5, 5.41) is 7.89. The van der Waals surface area contributed by atoms with Gasteiger partial charge >= 0.3 is 0 Å². The predicted octanol–water partition coefficient (Wildman–Crippen LogP) is 4.10. The number of anilines is 1. The smallest absolute Gasteiger partial charge is 0.288 e. The van der Waals surface area contributed by atoms with E-state index in [1.165, 1.54) is 0 Å². The number of allylic oxidation sites excluding steroid dienone is 1. The second-order valence-electron chi connectivity index (χ2n) is 8.64. The van der Waals surface area contributed by atoms with Crippen molar-refractivity contribution in [3.05, 3.63) is 35.9 Å². The number of carbonyl (C=O) groups is 1. The van der Waals surface area contributed by atoms with Gasteiger partial charge in [-0.1, -0.05) is 29.4 Å². The molecule has 1 aliphatic carbocycles. The van der Waals surface area contributed by atoms with E-state index in [0.29, 0.717) is 24.8 Å². The third-order valence-electron chi connectivity index (χ3n) is 6.67. The number of hydrogen-bond donors (Lipinski definition) is 1. The third kappa shape index (κ3) is 4.46. The highest BCUT2D eigenvalue weighted by Gasteiger charge is 2.34. The van der Waals surface area contributed by atoms with Gasteiger partial charge in [0.25, 0.3) is 12.3 Å². The van der Waals surface area contributed by atoms with E-state index in [4.69, 9.17) is 4.74 Å². The fourth-order valence-electron chi connectivity index (χ4n) is 4.65. The van der Waals surface area contributed by atoms with Crippen molar-refractivity contribution in [1.82, 2.24) is 9.72 Å². The van der Waals surface area contributed by atoms with Crippen LogP contribution in [0.15, 0.2) is 35.3 Å². The number of alkyl halides is 2. The van der Waals surface area contributed by atoms with Gasteiger partial charge in [-0.25, -0.2) is 8.78 Å². The summed E-state index contributed by atoms with van der Waals surface area (Å²) >= 11 is 1.59. The summed E-state index contributed by atoms with van der Waals surface area (Å²) in [7, 11) is 0. The van der Waals surface area contributed by atoms with Crippen LogP contribution in [0.25, 0.3) is 4.83 Å². The molecule has 176 valence electrons. The Labute approximate surface area is 195 Å². The Hall–Kier alpha value is -2.59. The number of ether oxygens (including phenoxy) is 1. The maximum Gasteiger partial charge on any atom is 0.288 e. The van der Waals surface area contributed by atoms with Gasteiger partial charge in [0.1, 0.15) is 21.2 Å². The quantitative estimate of drug-likeness (QED) is 0.661. The first-order valence-corrected chi connectivity index (χ1v) is 12.3. The first-order valence-electron chi connectivity index (χ1n) is 11.5. The molecule has 1 amide bonds. The van der Waals surface area contributed by atoms with Crippen LogP contribution in [0, 0.1) is 5.92 Å².